The Morgan fingerprint density at radius 2 is 1.71 bits per heavy atom. The van der Waals surface area contributed by atoms with Crippen molar-refractivity contribution in [3.8, 4) is 28.7 Å². The summed E-state index contributed by atoms with van der Waals surface area (Å²) in [6, 6.07) is 6.22. The Morgan fingerprint density at radius 1 is 1.05 bits per heavy atom. The fourth-order valence-electron chi connectivity index (χ4n) is 6.14. The number of rotatable bonds is 11. The summed E-state index contributed by atoms with van der Waals surface area (Å²) < 4.78 is 63.5. The van der Waals surface area contributed by atoms with Gasteiger partial charge in [-0.05, 0) is 47.4 Å². The molecule has 1 fully saturated rings. The number of aliphatic hydroxyl groups is 2. The molecule has 4 unspecified atom stereocenters. The first-order valence-corrected chi connectivity index (χ1v) is 13.7. The topological polar surface area (TPSA) is 145 Å². The van der Waals surface area contributed by atoms with Crippen LogP contribution in [0.3, 0.4) is 0 Å². The number of hydrogen-bond donors (Lipinski definition) is 4. The molecule has 230 valence electrons. The molecule has 0 bridgehead atoms. The number of halogens is 2. The van der Waals surface area contributed by atoms with Crippen LogP contribution in [0.1, 0.15) is 47.9 Å². The Hall–Kier alpha value is -3.39. The van der Waals surface area contributed by atoms with E-state index in [1.54, 1.807) is 18.2 Å². The number of hydrogen-bond acceptors (Lipinski definition) is 11. The Balaban J connectivity index is 1.52. The van der Waals surface area contributed by atoms with Gasteiger partial charge in [-0.2, -0.15) is 0 Å². The summed E-state index contributed by atoms with van der Waals surface area (Å²) in [5.41, 5.74) is 2.14. The Kier molecular flexibility index (Phi) is 8.92. The highest BCUT2D eigenvalue weighted by Crippen LogP contribution is 2.51. The molecule has 13 heteroatoms. The van der Waals surface area contributed by atoms with Crippen LogP contribution in [0.2, 0.25) is 0 Å². The molecule has 1 aliphatic carbocycles. The zero-order valence-electron chi connectivity index (χ0n) is 23.3. The second-order valence-corrected chi connectivity index (χ2v) is 10.8. The quantitative estimate of drug-likeness (QED) is 0.285. The number of nitrogens with one attached hydrogen (secondary N) is 1. The molecule has 2 heterocycles. The van der Waals surface area contributed by atoms with E-state index in [4.69, 9.17) is 28.4 Å². The van der Waals surface area contributed by atoms with Crippen LogP contribution in [0.15, 0.2) is 24.3 Å². The van der Waals surface area contributed by atoms with Crippen molar-refractivity contribution in [2.75, 3.05) is 40.8 Å². The van der Waals surface area contributed by atoms with Crippen molar-refractivity contribution in [1.29, 1.82) is 0 Å². The molecule has 42 heavy (non-hydrogen) atoms. The van der Waals surface area contributed by atoms with Crippen molar-refractivity contribution < 1.29 is 57.3 Å². The molecule has 2 aromatic rings. The standard InChI is InChI=1S/C29H35F2NO10/c1-37-24-4-15(5-25(38-2)28(24)36)19-3-16(11-39-13-34)27(21-9-23-22(8-20(19)21)40-14-41-23)32-12-29(30,31)26-7-17(35)6-18(10-33)42-26/h4-5,8-9,13,16-19,26-27,32-33,35-36H,3,6-7,10-12,14H2,1-2H3/t16?,17?,18?,19-,26-,27?/m1/s1. The molecule has 0 spiro atoms. The first-order chi connectivity index (χ1) is 20.2. The number of benzene rings is 2. The van der Waals surface area contributed by atoms with Crippen LogP contribution in [-0.2, 0) is 14.3 Å². The average Bonchev–Trinajstić information content (AvgIpc) is 3.45. The van der Waals surface area contributed by atoms with Gasteiger partial charge in [0, 0.05) is 30.7 Å². The molecule has 1 saturated heterocycles. The molecule has 0 saturated carbocycles. The van der Waals surface area contributed by atoms with Crippen molar-refractivity contribution in [2.24, 2.45) is 5.92 Å². The maximum atomic E-state index is 15.5. The van der Waals surface area contributed by atoms with Crippen LogP contribution >= 0.6 is 0 Å². The number of phenolic OH excluding ortho intramolecular Hbond substituents is 1. The third kappa shape index (κ3) is 5.91. The normalized spacial score (nSPS) is 26.8. The molecule has 0 aromatic heterocycles. The van der Waals surface area contributed by atoms with Gasteiger partial charge in [-0.1, -0.05) is 0 Å². The van der Waals surface area contributed by atoms with Gasteiger partial charge in [-0.3, -0.25) is 4.79 Å². The van der Waals surface area contributed by atoms with Gasteiger partial charge in [0.25, 0.3) is 12.4 Å². The Bertz CT molecular complexity index is 1250. The molecular weight excluding hydrogens is 560 g/mol. The van der Waals surface area contributed by atoms with Crippen molar-refractivity contribution in [3.05, 3.63) is 41.0 Å². The highest BCUT2D eigenvalue weighted by molar-refractivity contribution is 5.58. The molecule has 2 aliphatic heterocycles. The number of ether oxygens (including phenoxy) is 6. The highest BCUT2D eigenvalue weighted by Gasteiger charge is 2.47. The number of fused-ring (bicyclic) bond motifs is 2. The minimum atomic E-state index is -3.39. The summed E-state index contributed by atoms with van der Waals surface area (Å²) >= 11 is 0. The third-order valence-electron chi connectivity index (χ3n) is 8.19. The molecule has 3 aliphatic rings. The lowest BCUT2D eigenvalue weighted by atomic mass is 9.71. The summed E-state index contributed by atoms with van der Waals surface area (Å²) in [6.07, 6.45) is -3.31. The van der Waals surface area contributed by atoms with E-state index in [0.29, 0.717) is 30.0 Å². The van der Waals surface area contributed by atoms with E-state index in [2.05, 4.69) is 5.32 Å². The molecule has 11 nitrogen and oxygen atoms in total. The Labute approximate surface area is 241 Å². The van der Waals surface area contributed by atoms with E-state index in [9.17, 15) is 20.1 Å². The second kappa shape index (κ2) is 12.5. The van der Waals surface area contributed by atoms with Gasteiger partial charge in [-0.25, -0.2) is 8.78 Å². The van der Waals surface area contributed by atoms with Gasteiger partial charge < -0.3 is 49.1 Å². The number of carbonyl (C=O) groups excluding carboxylic acids is 1. The van der Waals surface area contributed by atoms with Crippen LogP contribution in [0, 0.1) is 5.92 Å². The maximum Gasteiger partial charge on any atom is 0.293 e. The van der Waals surface area contributed by atoms with Gasteiger partial charge in [0.15, 0.2) is 23.0 Å². The van der Waals surface area contributed by atoms with Crippen molar-refractivity contribution >= 4 is 6.47 Å². The summed E-state index contributed by atoms with van der Waals surface area (Å²) in [5, 5.41) is 33.0. The maximum absolute atomic E-state index is 15.5. The van der Waals surface area contributed by atoms with Crippen LogP contribution in [0.4, 0.5) is 8.78 Å². The second-order valence-electron chi connectivity index (χ2n) is 10.8. The summed E-state index contributed by atoms with van der Waals surface area (Å²) in [4.78, 5) is 11.2. The lowest BCUT2D eigenvalue weighted by Crippen LogP contribution is -2.52. The van der Waals surface area contributed by atoms with Gasteiger partial charge in [0.1, 0.15) is 6.10 Å². The molecule has 0 amide bonds. The van der Waals surface area contributed by atoms with Gasteiger partial charge in [0.05, 0.1) is 46.2 Å². The molecule has 0 radical (unpaired) electrons. The predicted molar refractivity (Wildman–Crippen MR) is 142 cm³/mol. The summed E-state index contributed by atoms with van der Waals surface area (Å²) in [5.74, 6) is -3.01. The lowest BCUT2D eigenvalue weighted by molar-refractivity contribution is -0.202. The molecule has 4 N–H and O–H groups in total. The zero-order valence-corrected chi connectivity index (χ0v) is 23.3. The number of aromatic hydroxyl groups is 1. The van der Waals surface area contributed by atoms with Crippen LogP contribution < -0.4 is 24.3 Å². The summed E-state index contributed by atoms with van der Waals surface area (Å²) in [6.45, 7) is -1.02. The first kappa shape index (κ1) is 30.1. The lowest BCUT2D eigenvalue weighted by Gasteiger charge is -2.41. The molecule has 2 aromatic carbocycles. The summed E-state index contributed by atoms with van der Waals surface area (Å²) in [7, 11) is 2.84. The smallest absolute Gasteiger partial charge is 0.293 e. The number of methoxy groups -OCH3 is 2. The van der Waals surface area contributed by atoms with E-state index in [1.807, 2.05) is 6.07 Å². The molecule has 6 atom stereocenters. The van der Waals surface area contributed by atoms with Crippen LogP contribution in [-0.4, -0.2) is 86.8 Å². The van der Waals surface area contributed by atoms with Gasteiger partial charge in [0.2, 0.25) is 12.5 Å². The predicted octanol–water partition coefficient (Wildman–Crippen LogP) is 2.63. The fraction of sp³-hybridized carbons (Fsp3) is 0.552. The largest absolute Gasteiger partial charge is 0.502 e. The zero-order chi connectivity index (χ0) is 30.0. The van der Waals surface area contributed by atoms with E-state index in [1.165, 1.54) is 14.2 Å². The SMILES string of the molecule is COc1cc([C@H]2CC(COC=O)C(NCC(F)(F)[C@H]3CC(O)CC(CO)O3)c3cc4c(cc32)OCO4)cc(OC)c1O. The fourth-order valence-corrected chi connectivity index (χ4v) is 6.14. The van der Waals surface area contributed by atoms with Gasteiger partial charge >= 0.3 is 0 Å². The van der Waals surface area contributed by atoms with Crippen LogP contribution in [0.5, 0.6) is 28.7 Å². The number of alkyl halides is 2. The highest BCUT2D eigenvalue weighted by atomic mass is 19.3. The number of aliphatic hydroxyl groups excluding tert-OH is 2. The van der Waals surface area contributed by atoms with Gasteiger partial charge in [-0.15, -0.1) is 0 Å². The van der Waals surface area contributed by atoms with E-state index < -0.39 is 49.3 Å². The first-order valence-electron chi connectivity index (χ1n) is 13.7. The van der Waals surface area contributed by atoms with Crippen molar-refractivity contribution in [1.82, 2.24) is 5.32 Å². The minimum absolute atomic E-state index is 0.00493. The number of phenols is 1. The van der Waals surface area contributed by atoms with Crippen molar-refractivity contribution in [2.45, 2.75) is 55.5 Å². The third-order valence-corrected chi connectivity index (χ3v) is 8.19. The Morgan fingerprint density at radius 3 is 2.33 bits per heavy atom. The van der Waals surface area contributed by atoms with Crippen LogP contribution in [0.25, 0.3) is 0 Å². The van der Waals surface area contributed by atoms with E-state index >= 15 is 8.78 Å². The molecular formula is C29H35F2NO10. The average molecular weight is 596 g/mol. The van der Waals surface area contributed by atoms with E-state index in [0.717, 1.165) is 11.1 Å². The number of carbonyl (C=O) groups is 1. The molecule has 5 rings (SSSR count). The van der Waals surface area contributed by atoms with Crippen molar-refractivity contribution in [3.63, 3.8) is 0 Å². The monoisotopic (exact) mass is 595 g/mol. The minimum Gasteiger partial charge on any atom is -0.502 e. The van der Waals surface area contributed by atoms with E-state index in [-0.39, 0.29) is 49.4 Å².